The third kappa shape index (κ3) is 4.85. The summed E-state index contributed by atoms with van der Waals surface area (Å²) in [6.45, 7) is 6.35. The van der Waals surface area contributed by atoms with E-state index in [0.29, 0.717) is 6.54 Å². The molecule has 0 aromatic heterocycles. The van der Waals surface area contributed by atoms with E-state index in [1.165, 1.54) is 0 Å². The van der Waals surface area contributed by atoms with Crippen LogP contribution < -0.4 is 11.5 Å². The largest absolute Gasteiger partial charge is 0.368 e. The van der Waals surface area contributed by atoms with Crippen LogP contribution in [0, 0.1) is 0 Å². The minimum Gasteiger partial charge on any atom is -0.368 e. The molecule has 0 heterocycles. The number of carbonyl (C=O) groups excluding carboxylic acids is 1. The summed E-state index contributed by atoms with van der Waals surface area (Å²) in [6, 6.07) is -0.175. The molecule has 0 aliphatic rings. The summed E-state index contributed by atoms with van der Waals surface area (Å²) in [6.07, 6.45) is 1.94. The van der Waals surface area contributed by atoms with Gasteiger partial charge in [0, 0.05) is 6.54 Å². The van der Waals surface area contributed by atoms with Gasteiger partial charge in [-0.3, -0.25) is 9.69 Å². The van der Waals surface area contributed by atoms with Crippen LogP contribution in [0.1, 0.15) is 26.7 Å². The molecule has 0 rings (SSSR count). The van der Waals surface area contributed by atoms with Gasteiger partial charge in [-0.1, -0.05) is 6.92 Å². The van der Waals surface area contributed by atoms with E-state index in [0.717, 1.165) is 25.9 Å². The van der Waals surface area contributed by atoms with Crippen LogP contribution in [-0.2, 0) is 4.79 Å². The number of hydrogen-bond acceptors (Lipinski definition) is 3. The first-order chi connectivity index (χ1) is 6.13. The van der Waals surface area contributed by atoms with Crippen molar-refractivity contribution in [3.8, 4) is 0 Å². The summed E-state index contributed by atoms with van der Waals surface area (Å²) < 4.78 is 0. The molecule has 0 radical (unpaired) electrons. The third-order valence-corrected chi connectivity index (χ3v) is 2.12. The molecule has 0 spiro atoms. The Balaban J connectivity index is 3.98. The first-order valence-electron chi connectivity index (χ1n) is 4.86. The van der Waals surface area contributed by atoms with Gasteiger partial charge in [0.25, 0.3) is 0 Å². The molecule has 0 bridgehead atoms. The lowest BCUT2D eigenvalue weighted by atomic mass is 10.2. The van der Waals surface area contributed by atoms with Gasteiger partial charge in [-0.05, 0) is 32.9 Å². The molecule has 0 aromatic carbocycles. The number of hydrogen-bond donors (Lipinski definition) is 2. The number of rotatable bonds is 7. The molecule has 0 aliphatic carbocycles. The van der Waals surface area contributed by atoms with E-state index in [-0.39, 0.29) is 11.9 Å². The van der Waals surface area contributed by atoms with Crippen molar-refractivity contribution in [2.75, 3.05) is 19.6 Å². The molecule has 0 aliphatic heterocycles. The number of carbonyl (C=O) groups is 1. The van der Waals surface area contributed by atoms with E-state index in [4.69, 9.17) is 11.5 Å². The number of nitrogens with two attached hydrogens (primary N) is 2. The Labute approximate surface area is 80.3 Å². The van der Waals surface area contributed by atoms with Crippen LogP contribution in [0.3, 0.4) is 0 Å². The standard InChI is InChI=1S/C9H21N3O/c1-3-6-12(7-4-5-10)8(2)9(11)13/h8H,3-7,10H2,1-2H3,(H2,11,13). The lowest BCUT2D eigenvalue weighted by molar-refractivity contribution is -0.122. The minimum atomic E-state index is -0.259. The normalized spacial score (nSPS) is 13.2. The second kappa shape index (κ2) is 6.86. The molecule has 13 heavy (non-hydrogen) atoms. The second-order valence-corrected chi connectivity index (χ2v) is 3.26. The Morgan fingerprint density at radius 3 is 2.46 bits per heavy atom. The zero-order chi connectivity index (χ0) is 10.3. The van der Waals surface area contributed by atoms with Gasteiger partial charge in [-0.2, -0.15) is 0 Å². The highest BCUT2D eigenvalue weighted by Crippen LogP contribution is 2.00. The van der Waals surface area contributed by atoms with Crippen molar-refractivity contribution >= 4 is 5.91 Å². The summed E-state index contributed by atoms with van der Waals surface area (Å²) >= 11 is 0. The number of nitrogens with zero attached hydrogens (tertiary/aromatic N) is 1. The topological polar surface area (TPSA) is 72.3 Å². The van der Waals surface area contributed by atoms with Crippen molar-refractivity contribution in [2.45, 2.75) is 32.7 Å². The van der Waals surface area contributed by atoms with E-state index < -0.39 is 0 Å². The smallest absolute Gasteiger partial charge is 0.234 e. The molecule has 1 amide bonds. The Morgan fingerprint density at radius 1 is 1.46 bits per heavy atom. The summed E-state index contributed by atoms with van der Waals surface area (Å²) in [4.78, 5) is 13.0. The minimum absolute atomic E-state index is 0.175. The van der Waals surface area contributed by atoms with E-state index in [2.05, 4.69) is 11.8 Å². The van der Waals surface area contributed by atoms with Gasteiger partial charge < -0.3 is 11.5 Å². The maximum atomic E-state index is 10.9. The fourth-order valence-electron chi connectivity index (χ4n) is 1.26. The van der Waals surface area contributed by atoms with Gasteiger partial charge in [0.05, 0.1) is 6.04 Å². The van der Waals surface area contributed by atoms with Crippen molar-refractivity contribution in [1.82, 2.24) is 4.90 Å². The molecule has 1 unspecified atom stereocenters. The van der Waals surface area contributed by atoms with Crippen molar-refractivity contribution in [2.24, 2.45) is 11.5 Å². The van der Waals surface area contributed by atoms with Crippen molar-refractivity contribution < 1.29 is 4.79 Å². The van der Waals surface area contributed by atoms with Gasteiger partial charge in [0.1, 0.15) is 0 Å². The first-order valence-corrected chi connectivity index (χ1v) is 4.86. The van der Waals surface area contributed by atoms with Crippen LogP contribution in [0.4, 0.5) is 0 Å². The monoisotopic (exact) mass is 187 g/mol. The third-order valence-electron chi connectivity index (χ3n) is 2.12. The highest BCUT2D eigenvalue weighted by Gasteiger charge is 2.16. The van der Waals surface area contributed by atoms with Crippen LogP contribution in [0.15, 0.2) is 0 Å². The highest BCUT2D eigenvalue weighted by molar-refractivity contribution is 5.79. The maximum Gasteiger partial charge on any atom is 0.234 e. The fourth-order valence-corrected chi connectivity index (χ4v) is 1.26. The van der Waals surface area contributed by atoms with Crippen LogP contribution in [-0.4, -0.2) is 36.5 Å². The van der Waals surface area contributed by atoms with Crippen LogP contribution in [0.5, 0.6) is 0 Å². The molecule has 0 aromatic rings. The van der Waals surface area contributed by atoms with Gasteiger partial charge in [0.2, 0.25) is 5.91 Å². The molecule has 0 saturated carbocycles. The van der Waals surface area contributed by atoms with E-state index >= 15 is 0 Å². The lowest BCUT2D eigenvalue weighted by Gasteiger charge is -2.26. The van der Waals surface area contributed by atoms with E-state index in [1.54, 1.807) is 0 Å². The average Bonchev–Trinajstić information content (AvgIpc) is 2.11. The quantitative estimate of drug-likeness (QED) is 0.585. The highest BCUT2D eigenvalue weighted by atomic mass is 16.1. The van der Waals surface area contributed by atoms with Gasteiger partial charge in [0.15, 0.2) is 0 Å². The van der Waals surface area contributed by atoms with Gasteiger partial charge in [-0.25, -0.2) is 0 Å². The summed E-state index contributed by atoms with van der Waals surface area (Å²) in [5.74, 6) is -0.259. The Bertz CT molecular complexity index is 150. The summed E-state index contributed by atoms with van der Waals surface area (Å²) in [5, 5.41) is 0. The molecule has 4 nitrogen and oxygen atoms in total. The van der Waals surface area contributed by atoms with Crippen LogP contribution >= 0.6 is 0 Å². The first kappa shape index (κ1) is 12.4. The maximum absolute atomic E-state index is 10.9. The average molecular weight is 187 g/mol. The Kier molecular flexibility index (Phi) is 6.54. The molecule has 4 heteroatoms. The molecular formula is C9H21N3O. The Hall–Kier alpha value is -0.610. The molecule has 0 saturated heterocycles. The van der Waals surface area contributed by atoms with Crippen LogP contribution in [0.25, 0.3) is 0 Å². The van der Waals surface area contributed by atoms with Crippen molar-refractivity contribution in [3.05, 3.63) is 0 Å². The zero-order valence-corrected chi connectivity index (χ0v) is 8.62. The van der Waals surface area contributed by atoms with Gasteiger partial charge in [-0.15, -0.1) is 0 Å². The number of primary amides is 1. The summed E-state index contributed by atoms with van der Waals surface area (Å²) in [7, 11) is 0. The molecule has 1 atom stereocenters. The zero-order valence-electron chi connectivity index (χ0n) is 8.62. The lowest BCUT2D eigenvalue weighted by Crippen LogP contribution is -2.43. The Morgan fingerprint density at radius 2 is 2.08 bits per heavy atom. The second-order valence-electron chi connectivity index (χ2n) is 3.26. The predicted molar refractivity (Wildman–Crippen MR) is 54.2 cm³/mol. The SMILES string of the molecule is CCCN(CCCN)C(C)C(N)=O. The van der Waals surface area contributed by atoms with Crippen molar-refractivity contribution in [3.63, 3.8) is 0 Å². The van der Waals surface area contributed by atoms with Crippen LogP contribution in [0.2, 0.25) is 0 Å². The van der Waals surface area contributed by atoms with Gasteiger partial charge >= 0.3 is 0 Å². The van der Waals surface area contributed by atoms with E-state index in [9.17, 15) is 4.79 Å². The molecular weight excluding hydrogens is 166 g/mol. The molecule has 0 fully saturated rings. The predicted octanol–water partition coefficient (Wildman–Crippen LogP) is -0.0790. The summed E-state index contributed by atoms with van der Waals surface area (Å²) in [5.41, 5.74) is 10.6. The fraction of sp³-hybridized carbons (Fsp3) is 0.889. The van der Waals surface area contributed by atoms with E-state index in [1.807, 2.05) is 6.92 Å². The molecule has 78 valence electrons. The van der Waals surface area contributed by atoms with Crippen molar-refractivity contribution in [1.29, 1.82) is 0 Å². The molecule has 4 N–H and O–H groups in total. The number of amides is 1.